The summed E-state index contributed by atoms with van der Waals surface area (Å²) in [7, 11) is 0. The van der Waals surface area contributed by atoms with Crippen LogP contribution in [-0.4, -0.2) is 17.5 Å². The first-order chi connectivity index (χ1) is 8.47. The van der Waals surface area contributed by atoms with E-state index in [0.29, 0.717) is 5.69 Å². The van der Waals surface area contributed by atoms with E-state index in [0.717, 1.165) is 30.4 Å². The Kier molecular flexibility index (Phi) is 4.33. The molecule has 0 radical (unpaired) electrons. The number of anilines is 1. The second-order valence-corrected chi connectivity index (χ2v) is 5.81. The normalized spacial score (nSPS) is 20.8. The first-order valence-corrected chi connectivity index (χ1v) is 7.21. The summed E-state index contributed by atoms with van der Waals surface area (Å²) >= 11 is 7.40. The first kappa shape index (κ1) is 13.9. The first-order valence-electron chi connectivity index (χ1n) is 5.68. The lowest BCUT2D eigenvalue weighted by molar-refractivity contribution is -0.137. The van der Waals surface area contributed by atoms with Crippen LogP contribution >= 0.6 is 23.4 Å². The van der Waals surface area contributed by atoms with Gasteiger partial charge in [0, 0.05) is 17.5 Å². The van der Waals surface area contributed by atoms with Crippen LogP contribution in [0.3, 0.4) is 0 Å². The zero-order valence-electron chi connectivity index (χ0n) is 9.56. The van der Waals surface area contributed by atoms with Gasteiger partial charge >= 0.3 is 6.18 Å². The quantitative estimate of drug-likeness (QED) is 0.851. The number of halogens is 4. The van der Waals surface area contributed by atoms with Crippen molar-refractivity contribution in [1.82, 2.24) is 0 Å². The maximum absolute atomic E-state index is 12.7. The molecule has 1 aromatic carbocycles. The van der Waals surface area contributed by atoms with E-state index >= 15 is 0 Å². The molecule has 6 heteroatoms. The molecule has 1 unspecified atom stereocenters. The van der Waals surface area contributed by atoms with Gasteiger partial charge in [-0.05, 0) is 36.8 Å². The SMILES string of the molecule is FC(F)(F)c1cc(NC2CCCSC2)ccc1Cl. The van der Waals surface area contributed by atoms with Gasteiger partial charge in [-0.2, -0.15) is 24.9 Å². The number of rotatable bonds is 2. The van der Waals surface area contributed by atoms with Crippen molar-refractivity contribution in [2.75, 3.05) is 16.8 Å². The van der Waals surface area contributed by atoms with Crippen LogP contribution in [0.15, 0.2) is 18.2 Å². The fraction of sp³-hybridized carbons (Fsp3) is 0.500. The number of hydrogen-bond donors (Lipinski definition) is 1. The van der Waals surface area contributed by atoms with Gasteiger partial charge in [-0.3, -0.25) is 0 Å². The van der Waals surface area contributed by atoms with E-state index in [1.54, 1.807) is 6.07 Å². The van der Waals surface area contributed by atoms with E-state index < -0.39 is 11.7 Å². The minimum absolute atomic E-state index is 0.242. The van der Waals surface area contributed by atoms with Gasteiger partial charge in [0.25, 0.3) is 0 Å². The van der Waals surface area contributed by atoms with Crippen LogP contribution in [-0.2, 0) is 6.18 Å². The smallest absolute Gasteiger partial charge is 0.381 e. The molecule has 2 rings (SSSR count). The summed E-state index contributed by atoms with van der Waals surface area (Å²) in [5.74, 6) is 2.07. The maximum Gasteiger partial charge on any atom is 0.417 e. The van der Waals surface area contributed by atoms with Gasteiger partial charge < -0.3 is 5.32 Å². The molecule has 0 aliphatic carbocycles. The van der Waals surface area contributed by atoms with E-state index in [2.05, 4.69) is 5.32 Å². The number of hydrogen-bond acceptors (Lipinski definition) is 2. The van der Waals surface area contributed by atoms with Gasteiger partial charge in [-0.1, -0.05) is 11.6 Å². The molecule has 1 aliphatic heterocycles. The van der Waals surface area contributed by atoms with Crippen molar-refractivity contribution in [3.63, 3.8) is 0 Å². The Balaban J connectivity index is 2.14. The molecule has 0 bridgehead atoms. The molecule has 0 spiro atoms. The topological polar surface area (TPSA) is 12.0 Å². The molecule has 0 saturated carbocycles. The van der Waals surface area contributed by atoms with E-state index in [4.69, 9.17) is 11.6 Å². The highest BCUT2D eigenvalue weighted by Crippen LogP contribution is 2.36. The Morgan fingerprint density at radius 2 is 2.11 bits per heavy atom. The van der Waals surface area contributed by atoms with E-state index in [-0.39, 0.29) is 11.1 Å². The molecule has 1 heterocycles. The van der Waals surface area contributed by atoms with E-state index in [9.17, 15) is 13.2 Å². The van der Waals surface area contributed by atoms with Gasteiger partial charge in [0.1, 0.15) is 0 Å². The Bertz CT molecular complexity index is 416. The number of alkyl halides is 3. The minimum atomic E-state index is -4.41. The average Bonchev–Trinajstić information content (AvgIpc) is 2.31. The zero-order valence-corrected chi connectivity index (χ0v) is 11.1. The van der Waals surface area contributed by atoms with Crippen molar-refractivity contribution in [2.45, 2.75) is 25.1 Å². The van der Waals surface area contributed by atoms with Gasteiger partial charge in [0.05, 0.1) is 10.6 Å². The third-order valence-corrected chi connectivity index (χ3v) is 4.35. The number of nitrogens with one attached hydrogen (secondary N) is 1. The predicted octanol–water partition coefficient (Wildman–Crippen LogP) is 4.67. The lowest BCUT2D eigenvalue weighted by Crippen LogP contribution is -2.25. The minimum Gasteiger partial charge on any atom is -0.381 e. The van der Waals surface area contributed by atoms with Gasteiger partial charge in [0.15, 0.2) is 0 Å². The summed E-state index contributed by atoms with van der Waals surface area (Å²) in [6, 6.07) is 4.22. The van der Waals surface area contributed by atoms with Gasteiger partial charge in [0.2, 0.25) is 0 Å². The predicted molar refractivity (Wildman–Crippen MR) is 70.4 cm³/mol. The highest BCUT2D eigenvalue weighted by atomic mass is 35.5. The lowest BCUT2D eigenvalue weighted by atomic mass is 10.1. The van der Waals surface area contributed by atoms with Gasteiger partial charge in [-0.25, -0.2) is 0 Å². The molecule has 0 aromatic heterocycles. The van der Waals surface area contributed by atoms with Crippen LogP contribution in [0, 0.1) is 0 Å². The van der Waals surface area contributed by atoms with E-state index in [1.807, 2.05) is 11.8 Å². The molecule has 1 atom stereocenters. The molecule has 1 aromatic rings. The summed E-state index contributed by atoms with van der Waals surface area (Å²) in [4.78, 5) is 0. The van der Waals surface area contributed by atoms with Crippen LogP contribution in [0.1, 0.15) is 18.4 Å². The Labute approximate surface area is 113 Å². The molecule has 1 fully saturated rings. The fourth-order valence-corrected chi connectivity index (χ4v) is 3.22. The molecule has 1 nitrogen and oxygen atoms in total. The molecule has 1 aliphatic rings. The van der Waals surface area contributed by atoms with Crippen molar-refractivity contribution >= 4 is 29.1 Å². The summed E-state index contributed by atoms with van der Waals surface area (Å²) in [5.41, 5.74) is -0.295. The third kappa shape index (κ3) is 3.48. The molecular weight excluding hydrogens is 283 g/mol. The van der Waals surface area contributed by atoms with Crippen LogP contribution < -0.4 is 5.32 Å². The molecule has 100 valence electrons. The van der Waals surface area contributed by atoms with Crippen LogP contribution in [0.4, 0.5) is 18.9 Å². The van der Waals surface area contributed by atoms with Crippen molar-refractivity contribution < 1.29 is 13.2 Å². The van der Waals surface area contributed by atoms with E-state index in [1.165, 1.54) is 6.07 Å². The fourth-order valence-electron chi connectivity index (χ4n) is 1.92. The van der Waals surface area contributed by atoms with Crippen LogP contribution in [0.2, 0.25) is 5.02 Å². The van der Waals surface area contributed by atoms with Crippen molar-refractivity contribution in [2.24, 2.45) is 0 Å². The molecule has 18 heavy (non-hydrogen) atoms. The van der Waals surface area contributed by atoms with Crippen molar-refractivity contribution in [3.8, 4) is 0 Å². The Morgan fingerprint density at radius 3 is 2.72 bits per heavy atom. The van der Waals surface area contributed by atoms with Crippen LogP contribution in [0.5, 0.6) is 0 Å². The van der Waals surface area contributed by atoms with Crippen LogP contribution in [0.25, 0.3) is 0 Å². The highest BCUT2D eigenvalue weighted by Gasteiger charge is 2.33. The monoisotopic (exact) mass is 295 g/mol. The number of benzene rings is 1. The molecule has 1 saturated heterocycles. The van der Waals surface area contributed by atoms with Gasteiger partial charge in [-0.15, -0.1) is 0 Å². The summed E-state index contributed by atoms with van der Waals surface area (Å²) in [6.07, 6.45) is -2.31. The average molecular weight is 296 g/mol. The molecular formula is C12H13ClF3NS. The maximum atomic E-state index is 12.7. The zero-order chi connectivity index (χ0) is 13.2. The van der Waals surface area contributed by atoms with Crippen molar-refractivity contribution in [3.05, 3.63) is 28.8 Å². The largest absolute Gasteiger partial charge is 0.417 e. The lowest BCUT2D eigenvalue weighted by Gasteiger charge is -2.24. The standard InChI is InChI=1S/C12H13ClF3NS/c13-11-4-3-8(6-10(11)12(14,15)16)17-9-2-1-5-18-7-9/h3-4,6,9,17H,1-2,5,7H2. The third-order valence-electron chi connectivity index (χ3n) is 2.80. The second-order valence-electron chi connectivity index (χ2n) is 4.25. The summed E-state index contributed by atoms with van der Waals surface area (Å²) < 4.78 is 38.1. The summed E-state index contributed by atoms with van der Waals surface area (Å²) in [6.45, 7) is 0. The Morgan fingerprint density at radius 1 is 1.33 bits per heavy atom. The second kappa shape index (κ2) is 5.61. The number of thioether (sulfide) groups is 1. The summed E-state index contributed by atoms with van der Waals surface area (Å²) in [5, 5.41) is 2.88. The van der Waals surface area contributed by atoms with Crippen molar-refractivity contribution in [1.29, 1.82) is 0 Å². The highest BCUT2D eigenvalue weighted by molar-refractivity contribution is 7.99. The molecule has 0 amide bonds. The molecule has 1 N–H and O–H groups in total. The Hall–Kier alpha value is -0.550.